The lowest BCUT2D eigenvalue weighted by molar-refractivity contribution is -0.124. The molecule has 0 bridgehead atoms. The van der Waals surface area contributed by atoms with E-state index >= 15 is 0 Å². The van der Waals surface area contributed by atoms with E-state index in [-0.39, 0.29) is 30.0 Å². The highest BCUT2D eigenvalue weighted by atomic mass is 35.5. The molecule has 0 aliphatic carbocycles. The zero-order valence-electron chi connectivity index (χ0n) is 9.75. The minimum atomic E-state index is -0.131. The lowest BCUT2D eigenvalue weighted by atomic mass is 10.0. The normalized spacial score (nSPS) is 33.4. The molecule has 5 heteroatoms. The molecular weight excluding hydrogens is 228 g/mol. The largest absolute Gasteiger partial charge is 0.373 e. The van der Waals surface area contributed by atoms with Crippen LogP contribution < -0.4 is 10.6 Å². The molecule has 2 saturated heterocycles. The Bertz CT molecular complexity index is 236. The van der Waals surface area contributed by atoms with Crippen LogP contribution in [-0.2, 0) is 9.53 Å². The Morgan fingerprint density at radius 3 is 2.94 bits per heavy atom. The van der Waals surface area contributed by atoms with Gasteiger partial charge in [0.1, 0.15) is 0 Å². The second-order valence-electron chi connectivity index (χ2n) is 4.77. The van der Waals surface area contributed by atoms with Crippen LogP contribution in [0, 0.1) is 0 Å². The number of halogens is 1. The highest BCUT2D eigenvalue weighted by molar-refractivity contribution is 5.85. The van der Waals surface area contributed by atoms with Gasteiger partial charge >= 0.3 is 0 Å². The number of carbonyl (C=O) groups is 1. The minimum absolute atomic E-state index is 0. The number of carbonyl (C=O) groups excluding carboxylic acids is 1. The van der Waals surface area contributed by atoms with Crippen molar-refractivity contribution in [1.82, 2.24) is 10.6 Å². The molecule has 1 amide bonds. The van der Waals surface area contributed by atoms with Crippen LogP contribution in [0.3, 0.4) is 0 Å². The first-order valence-electron chi connectivity index (χ1n) is 5.85. The van der Waals surface area contributed by atoms with Gasteiger partial charge in [-0.2, -0.15) is 0 Å². The summed E-state index contributed by atoms with van der Waals surface area (Å²) in [5.41, 5.74) is -0.131. The summed E-state index contributed by atoms with van der Waals surface area (Å²) in [5.74, 6) is 0.129. The fourth-order valence-corrected chi connectivity index (χ4v) is 2.28. The smallest absolute Gasteiger partial charge is 0.237 e. The monoisotopic (exact) mass is 248 g/mol. The van der Waals surface area contributed by atoms with Gasteiger partial charge in [0, 0.05) is 13.2 Å². The van der Waals surface area contributed by atoms with Crippen LogP contribution in [0.25, 0.3) is 0 Å². The average molecular weight is 249 g/mol. The molecule has 4 nitrogen and oxygen atoms in total. The molecule has 94 valence electrons. The number of amides is 1. The highest BCUT2D eigenvalue weighted by Crippen LogP contribution is 2.23. The second kappa shape index (κ2) is 5.84. The summed E-state index contributed by atoms with van der Waals surface area (Å²) < 4.78 is 5.62. The molecule has 2 aliphatic heterocycles. The van der Waals surface area contributed by atoms with Crippen LogP contribution in [-0.4, -0.2) is 37.2 Å². The zero-order chi connectivity index (χ0) is 10.7. The lowest BCUT2D eigenvalue weighted by Crippen LogP contribution is -2.46. The van der Waals surface area contributed by atoms with Gasteiger partial charge in [-0.15, -0.1) is 12.4 Å². The summed E-state index contributed by atoms with van der Waals surface area (Å²) >= 11 is 0. The molecule has 0 spiro atoms. The first-order valence-corrected chi connectivity index (χ1v) is 5.85. The summed E-state index contributed by atoms with van der Waals surface area (Å²) in [6.07, 6.45) is 4.22. The summed E-state index contributed by atoms with van der Waals surface area (Å²) in [5, 5.41) is 6.17. The van der Waals surface area contributed by atoms with Crippen molar-refractivity contribution in [2.24, 2.45) is 0 Å². The lowest BCUT2D eigenvalue weighted by Gasteiger charge is -2.24. The third kappa shape index (κ3) is 3.34. The van der Waals surface area contributed by atoms with Crippen LogP contribution in [0.4, 0.5) is 0 Å². The van der Waals surface area contributed by atoms with E-state index in [1.54, 1.807) is 0 Å². The highest BCUT2D eigenvalue weighted by Gasteiger charge is 2.31. The van der Waals surface area contributed by atoms with Crippen molar-refractivity contribution < 1.29 is 9.53 Å². The van der Waals surface area contributed by atoms with Crippen LogP contribution in [0.1, 0.15) is 32.6 Å². The molecule has 0 aromatic rings. The Kier molecular flexibility index (Phi) is 5.02. The second-order valence-corrected chi connectivity index (χ2v) is 4.77. The molecule has 0 aromatic heterocycles. The molecule has 2 aliphatic rings. The van der Waals surface area contributed by atoms with Crippen molar-refractivity contribution in [1.29, 1.82) is 0 Å². The first-order chi connectivity index (χ1) is 7.20. The van der Waals surface area contributed by atoms with Crippen molar-refractivity contribution in [3.63, 3.8) is 0 Å². The van der Waals surface area contributed by atoms with Gasteiger partial charge in [0.15, 0.2) is 0 Å². The molecule has 16 heavy (non-hydrogen) atoms. The van der Waals surface area contributed by atoms with Gasteiger partial charge in [-0.25, -0.2) is 0 Å². The molecular formula is C11H21ClN2O2. The van der Waals surface area contributed by atoms with Gasteiger partial charge in [-0.3, -0.25) is 4.79 Å². The molecule has 1 unspecified atom stereocenters. The third-order valence-corrected chi connectivity index (χ3v) is 3.31. The van der Waals surface area contributed by atoms with Gasteiger partial charge < -0.3 is 15.4 Å². The molecule has 2 heterocycles. The van der Waals surface area contributed by atoms with E-state index in [1.807, 2.05) is 0 Å². The maximum Gasteiger partial charge on any atom is 0.237 e. The maximum atomic E-state index is 11.7. The van der Waals surface area contributed by atoms with Crippen molar-refractivity contribution in [3.05, 3.63) is 0 Å². The Morgan fingerprint density at radius 2 is 2.38 bits per heavy atom. The Hall–Kier alpha value is -0.320. The molecule has 0 saturated carbocycles. The van der Waals surface area contributed by atoms with E-state index in [2.05, 4.69) is 17.6 Å². The van der Waals surface area contributed by atoms with E-state index in [0.717, 1.165) is 38.8 Å². The number of ether oxygens (including phenoxy) is 1. The van der Waals surface area contributed by atoms with Crippen molar-refractivity contribution in [2.75, 3.05) is 19.7 Å². The molecule has 2 N–H and O–H groups in total. The number of hydrogen-bond acceptors (Lipinski definition) is 3. The Morgan fingerprint density at radius 1 is 1.56 bits per heavy atom. The minimum Gasteiger partial charge on any atom is -0.373 e. The van der Waals surface area contributed by atoms with Gasteiger partial charge in [0.2, 0.25) is 5.91 Å². The number of rotatable bonds is 3. The zero-order valence-corrected chi connectivity index (χ0v) is 10.6. The van der Waals surface area contributed by atoms with Gasteiger partial charge in [-0.1, -0.05) is 0 Å². The summed E-state index contributed by atoms with van der Waals surface area (Å²) in [6, 6.07) is 0.0232. The van der Waals surface area contributed by atoms with E-state index in [0.29, 0.717) is 6.54 Å². The molecule has 2 fully saturated rings. The fraction of sp³-hybridized carbons (Fsp3) is 0.909. The van der Waals surface area contributed by atoms with Crippen LogP contribution >= 0.6 is 12.4 Å². The Balaban J connectivity index is 0.00000128. The predicted molar refractivity (Wildman–Crippen MR) is 64.9 cm³/mol. The maximum absolute atomic E-state index is 11.7. The summed E-state index contributed by atoms with van der Waals surface area (Å²) in [6.45, 7) is 4.51. The van der Waals surface area contributed by atoms with Gasteiger partial charge in [0.05, 0.1) is 11.6 Å². The van der Waals surface area contributed by atoms with Crippen LogP contribution in [0.15, 0.2) is 0 Å². The standard InChI is InChI=1S/C11H20N2O2.ClH/c1-11(5-3-7-15-11)8-13-10(14)9-4-2-6-12-9;/h9,12H,2-8H2,1H3,(H,13,14);1H/t9-,11?;/m0./s1. The quantitative estimate of drug-likeness (QED) is 0.779. The SMILES string of the molecule is CC1(CNC(=O)[C@@H]2CCCN2)CCCO1.Cl. The summed E-state index contributed by atoms with van der Waals surface area (Å²) in [4.78, 5) is 11.7. The number of hydrogen-bond donors (Lipinski definition) is 2. The third-order valence-electron chi connectivity index (χ3n) is 3.31. The Labute approximate surface area is 103 Å². The predicted octanol–water partition coefficient (Wildman–Crippen LogP) is 0.845. The summed E-state index contributed by atoms with van der Waals surface area (Å²) in [7, 11) is 0. The van der Waals surface area contributed by atoms with Crippen molar-refractivity contribution in [3.8, 4) is 0 Å². The van der Waals surface area contributed by atoms with Crippen molar-refractivity contribution >= 4 is 18.3 Å². The molecule has 2 atom stereocenters. The molecule has 2 rings (SSSR count). The van der Waals surface area contributed by atoms with Gasteiger partial charge in [-0.05, 0) is 39.2 Å². The van der Waals surface area contributed by atoms with Gasteiger partial charge in [0.25, 0.3) is 0 Å². The fourth-order valence-electron chi connectivity index (χ4n) is 2.28. The van der Waals surface area contributed by atoms with Crippen LogP contribution in [0.5, 0.6) is 0 Å². The average Bonchev–Trinajstić information content (AvgIpc) is 2.85. The van der Waals surface area contributed by atoms with E-state index in [9.17, 15) is 4.79 Å². The van der Waals surface area contributed by atoms with E-state index in [1.165, 1.54) is 0 Å². The molecule has 0 radical (unpaired) electrons. The number of nitrogens with one attached hydrogen (secondary N) is 2. The van der Waals surface area contributed by atoms with Crippen molar-refractivity contribution in [2.45, 2.75) is 44.2 Å². The topological polar surface area (TPSA) is 50.4 Å². The van der Waals surface area contributed by atoms with E-state index in [4.69, 9.17) is 4.74 Å². The van der Waals surface area contributed by atoms with Crippen LogP contribution in [0.2, 0.25) is 0 Å². The first kappa shape index (κ1) is 13.7. The van der Waals surface area contributed by atoms with E-state index < -0.39 is 0 Å². The molecule has 0 aromatic carbocycles.